The lowest BCUT2D eigenvalue weighted by Gasteiger charge is -2.13. The first-order valence-electron chi connectivity index (χ1n) is 6.39. The molecular weight excluding hydrogens is 240 g/mol. The monoisotopic (exact) mass is 254 g/mol. The largest absolute Gasteiger partial charge is 0.379 e. The molecule has 0 bridgehead atoms. The van der Waals surface area contributed by atoms with Gasteiger partial charge in [-0.3, -0.25) is 0 Å². The summed E-state index contributed by atoms with van der Waals surface area (Å²) in [7, 11) is 0. The molecular formula is C14H14N4O. The third-order valence-corrected chi connectivity index (χ3v) is 3.30. The van der Waals surface area contributed by atoms with E-state index in [-0.39, 0.29) is 6.10 Å². The Bertz CT molecular complexity index is 629. The molecule has 3 rings (SSSR count). The van der Waals surface area contributed by atoms with Gasteiger partial charge in [0.25, 0.3) is 0 Å². The zero-order valence-electron chi connectivity index (χ0n) is 10.5. The van der Waals surface area contributed by atoms with Gasteiger partial charge in [-0.15, -0.1) is 10.2 Å². The summed E-state index contributed by atoms with van der Waals surface area (Å²) in [6, 6.07) is 9.77. The average molecular weight is 254 g/mol. The fourth-order valence-corrected chi connectivity index (χ4v) is 2.33. The van der Waals surface area contributed by atoms with Gasteiger partial charge in [0.1, 0.15) is 6.07 Å². The van der Waals surface area contributed by atoms with Crippen LogP contribution in [0.1, 0.15) is 18.5 Å². The summed E-state index contributed by atoms with van der Waals surface area (Å²) < 4.78 is 5.58. The van der Waals surface area contributed by atoms with Crippen molar-refractivity contribution in [3.05, 3.63) is 30.0 Å². The van der Waals surface area contributed by atoms with Crippen LogP contribution in [0.25, 0.3) is 10.9 Å². The lowest BCUT2D eigenvalue weighted by atomic mass is 10.1. The Morgan fingerprint density at radius 2 is 2.26 bits per heavy atom. The van der Waals surface area contributed by atoms with Gasteiger partial charge in [0.2, 0.25) is 0 Å². The maximum Gasteiger partial charge on any atom is 0.186 e. The maximum atomic E-state index is 9.15. The van der Waals surface area contributed by atoms with E-state index in [1.807, 2.05) is 24.3 Å². The predicted octanol–water partition coefficient (Wildman–Crippen LogP) is 2.09. The minimum atomic E-state index is 0.221. The molecule has 96 valence electrons. The van der Waals surface area contributed by atoms with Crippen LogP contribution < -0.4 is 5.32 Å². The molecule has 1 aromatic heterocycles. The molecule has 1 aliphatic heterocycles. The van der Waals surface area contributed by atoms with Crippen molar-refractivity contribution in [1.82, 2.24) is 10.2 Å². The number of hydrogen-bond acceptors (Lipinski definition) is 5. The molecule has 0 aliphatic carbocycles. The predicted molar refractivity (Wildman–Crippen MR) is 71.7 cm³/mol. The summed E-state index contributed by atoms with van der Waals surface area (Å²) in [6.45, 7) is 1.52. The Labute approximate surface area is 111 Å². The van der Waals surface area contributed by atoms with E-state index in [0.29, 0.717) is 12.2 Å². The first kappa shape index (κ1) is 11.9. The van der Waals surface area contributed by atoms with Gasteiger partial charge in [-0.2, -0.15) is 5.26 Å². The van der Waals surface area contributed by atoms with Gasteiger partial charge >= 0.3 is 0 Å². The third kappa shape index (κ3) is 2.35. The standard InChI is InChI=1S/C14H14N4O/c15-8-13-14(16-9-10-4-3-7-19-10)11-5-1-2-6-12(11)17-18-13/h1-2,5-6,10H,3-4,7,9H2,(H,16,17). The van der Waals surface area contributed by atoms with Crippen LogP contribution >= 0.6 is 0 Å². The summed E-state index contributed by atoms with van der Waals surface area (Å²) in [4.78, 5) is 0. The smallest absolute Gasteiger partial charge is 0.186 e. The number of rotatable bonds is 3. The van der Waals surface area contributed by atoms with Crippen LogP contribution in [0.5, 0.6) is 0 Å². The summed E-state index contributed by atoms with van der Waals surface area (Å²) in [5.41, 5.74) is 1.87. The number of benzene rings is 1. The van der Waals surface area contributed by atoms with Gasteiger partial charge in [0.05, 0.1) is 17.3 Å². The highest BCUT2D eigenvalue weighted by atomic mass is 16.5. The SMILES string of the molecule is N#Cc1nnc2ccccc2c1NCC1CCCO1. The van der Waals surface area contributed by atoms with Crippen molar-refractivity contribution in [3.8, 4) is 6.07 Å². The Hall–Kier alpha value is -2.19. The zero-order chi connectivity index (χ0) is 13.1. The normalized spacial score (nSPS) is 18.4. The van der Waals surface area contributed by atoms with E-state index in [2.05, 4.69) is 21.6 Å². The average Bonchev–Trinajstić information content (AvgIpc) is 2.97. The van der Waals surface area contributed by atoms with E-state index >= 15 is 0 Å². The van der Waals surface area contributed by atoms with Crippen LogP contribution in [0, 0.1) is 11.3 Å². The number of nitrogens with one attached hydrogen (secondary N) is 1. The van der Waals surface area contributed by atoms with Gasteiger partial charge in [0.15, 0.2) is 5.69 Å². The number of nitrogens with zero attached hydrogens (tertiary/aromatic N) is 3. The fraction of sp³-hybridized carbons (Fsp3) is 0.357. The summed E-state index contributed by atoms with van der Waals surface area (Å²) in [5.74, 6) is 0. The van der Waals surface area contributed by atoms with Gasteiger partial charge in [-0.1, -0.05) is 18.2 Å². The Morgan fingerprint density at radius 3 is 3.05 bits per heavy atom. The van der Waals surface area contributed by atoms with Crippen LogP contribution in [0.4, 0.5) is 5.69 Å². The minimum Gasteiger partial charge on any atom is -0.379 e. The van der Waals surface area contributed by atoms with Gasteiger partial charge in [-0.05, 0) is 18.9 Å². The number of aromatic nitrogens is 2. The highest BCUT2D eigenvalue weighted by Gasteiger charge is 2.17. The molecule has 2 aromatic rings. The summed E-state index contributed by atoms with van der Waals surface area (Å²) in [6.07, 6.45) is 2.39. The molecule has 5 nitrogen and oxygen atoms in total. The van der Waals surface area contributed by atoms with Crippen molar-refractivity contribution in [1.29, 1.82) is 5.26 Å². The van der Waals surface area contributed by atoms with Crippen LogP contribution in [0.2, 0.25) is 0 Å². The quantitative estimate of drug-likeness (QED) is 0.908. The molecule has 0 radical (unpaired) electrons. The maximum absolute atomic E-state index is 9.15. The van der Waals surface area contributed by atoms with Crippen LogP contribution in [0.3, 0.4) is 0 Å². The first-order valence-corrected chi connectivity index (χ1v) is 6.39. The number of nitriles is 1. The Morgan fingerprint density at radius 1 is 1.37 bits per heavy atom. The molecule has 1 aromatic carbocycles. The van der Waals surface area contributed by atoms with E-state index in [0.717, 1.165) is 36.0 Å². The summed E-state index contributed by atoms with van der Waals surface area (Å²) in [5, 5.41) is 21.4. The van der Waals surface area contributed by atoms with Crippen molar-refractivity contribution >= 4 is 16.6 Å². The van der Waals surface area contributed by atoms with E-state index in [9.17, 15) is 0 Å². The number of fused-ring (bicyclic) bond motifs is 1. The third-order valence-electron chi connectivity index (χ3n) is 3.30. The fourth-order valence-electron chi connectivity index (χ4n) is 2.33. The second-order valence-corrected chi connectivity index (χ2v) is 4.57. The Balaban J connectivity index is 1.93. The van der Waals surface area contributed by atoms with Gasteiger partial charge in [-0.25, -0.2) is 0 Å². The molecule has 1 aliphatic rings. The van der Waals surface area contributed by atoms with Crippen molar-refractivity contribution in [2.24, 2.45) is 0 Å². The van der Waals surface area contributed by atoms with E-state index in [4.69, 9.17) is 10.00 Å². The highest BCUT2D eigenvalue weighted by molar-refractivity contribution is 5.92. The van der Waals surface area contributed by atoms with E-state index < -0.39 is 0 Å². The van der Waals surface area contributed by atoms with E-state index in [1.54, 1.807) is 0 Å². The minimum absolute atomic E-state index is 0.221. The molecule has 2 heterocycles. The van der Waals surface area contributed by atoms with Crippen molar-refractivity contribution in [2.45, 2.75) is 18.9 Å². The molecule has 0 saturated carbocycles. The molecule has 19 heavy (non-hydrogen) atoms. The zero-order valence-corrected chi connectivity index (χ0v) is 10.5. The highest BCUT2D eigenvalue weighted by Crippen LogP contribution is 2.24. The molecule has 1 fully saturated rings. The molecule has 0 amide bonds. The van der Waals surface area contributed by atoms with Crippen LogP contribution in [0.15, 0.2) is 24.3 Å². The molecule has 0 spiro atoms. The van der Waals surface area contributed by atoms with Crippen molar-refractivity contribution in [2.75, 3.05) is 18.5 Å². The lowest BCUT2D eigenvalue weighted by molar-refractivity contribution is 0.120. The topological polar surface area (TPSA) is 70.8 Å². The Kier molecular flexibility index (Phi) is 3.25. The second-order valence-electron chi connectivity index (χ2n) is 4.57. The lowest BCUT2D eigenvalue weighted by Crippen LogP contribution is -2.19. The molecule has 1 unspecified atom stereocenters. The molecule has 1 N–H and O–H groups in total. The second kappa shape index (κ2) is 5.21. The van der Waals surface area contributed by atoms with Crippen molar-refractivity contribution in [3.63, 3.8) is 0 Å². The molecule has 5 heteroatoms. The van der Waals surface area contributed by atoms with Crippen LogP contribution in [-0.4, -0.2) is 29.5 Å². The van der Waals surface area contributed by atoms with E-state index in [1.165, 1.54) is 0 Å². The van der Waals surface area contributed by atoms with Gasteiger partial charge in [0, 0.05) is 18.5 Å². The summed E-state index contributed by atoms with van der Waals surface area (Å²) >= 11 is 0. The van der Waals surface area contributed by atoms with Crippen molar-refractivity contribution < 1.29 is 4.74 Å². The van der Waals surface area contributed by atoms with Crippen LogP contribution in [-0.2, 0) is 4.74 Å². The number of hydrogen-bond donors (Lipinski definition) is 1. The first-order chi connectivity index (χ1) is 9.38. The molecule has 1 saturated heterocycles. The molecule has 1 atom stereocenters. The number of ether oxygens (including phenoxy) is 1. The van der Waals surface area contributed by atoms with Gasteiger partial charge < -0.3 is 10.1 Å². The number of anilines is 1.